The fourth-order valence-electron chi connectivity index (χ4n) is 2.66. The number of benzene rings is 2. The standard InChI is InChI=1S/C17H16F3NO/c1-11-15(12-5-3-2-4-6-12)22-16(21-11)13-7-9-14(10-8-13)17(18,19)20/h2-11,15-16,21H,1H3/t11-,15-,16+/m0/s1. The number of rotatable bonds is 2. The smallest absolute Gasteiger partial charge is 0.350 e. The van der Waals surface area contributed by atoms with Crippen molar-refractivity contribution in [1.29, 1.82) is 0 Å². The highest BCUT2D eigenvalue weighted by Gasteiger charge is 2.34. The Bertz CT molecular complexity index is 625. The maximum atomic E-state index is 12.6. The predicted molar refractivity (Wildman–Crippen MR) is 77.1 cm³/mol. The molecule has 0 spiro atoms. The van der Waals surface area contributed by atoms with Gasteiger partial charge in [0, 0.05) is 6.04 Å². The van der Waals surface area contributed by atoms with Gasteiger partial charge in [-0.05, 0) is 30.2 Å². The van der Waals surface area contributed by atoms with Crippen LogP contribution < -0.4 is 5.32 Å². The summed E-state index contributed by atoms with van der Waals surface area (Å²) < 4.78 is 43.8. The zero-order chi connectivity index (χ0) is 15.7. The van der Waals surface area contributed by atoms with Crippen LogP contribution in [-0.4, -0.2) is 6.04 Å². The zero-order valence-electron chi connectivity index (χ0n) is 12.0. The summed E-state index contributed by atoms with van der Waals surface area (Å²) in [6.07, 6.45) is -4.83. The lowest BCUT2D eigenvalue weighted by Gasteiger charge is -2.15. The van der Waals surface area contributed by atoms with Gasteiger partial charge in [-0.15, -0.1) is 0 Å². The highest BCUT2D eigenvalue weighted by Crippen LogP contribution is 2.36. The van der Waals surface area contributed by atoms with E-state index in [1.54, 1.807) is 0 Å². The molecule has 0 unspecified atom stereocenters. The third-order valence-electron chi connectivity index (χ3n) is 3.82. The van der Waals surface area contributed by atoms with Gasteiger partial charge in [0.2, 0.25) is 0 Å². The largest absolute Gasteiger partial charge is 0.416 e. The quantitative estimate of drug-likeness (QED) is 0.885. The summed E-state index contributed by atoms with van der Waals surface area (Å²) in [5, 5.41) is 3.27. The molecule has 0 aliphatic carbocycles. The molecule has 1 N–H and O–H groups in total. The average Bonchev–Trinajstić information content (AvgIpc) is 2.89. The first-order valence-electron chi connectivity index (χ1n) is 7.09. The fourth-order valence-corrected chi connectivity index (χ4v) is 2.66. The normalized spacial score (nSPS) is 25.4. The Morgan fingerprint density at radius 3 is 2.14 bits per heavy atom. The first-order valence-corrected chi connectivity index (χ1v) is 7.09. The van der Waals surface area contributed by atoms with Gasteiger partial charge in [-0.25, -0.2) is 0 Å². The maximum absolute atomic E-state index is 12.6. The van der Waals surface area contributed by atoms with Gasteiger partial charge < -0.3 is 4.74 Å². The van der Waals surface area contributed by atoms with E-state index in [2.05, 4.69) is 5.32 Å². The Balaban J connectivity index is 1.77. The van der Waals surface area contributed by atoms with Crippen LogP contribution in [0.3, 0.4) is 0 Å². The van der Waals surface area contributed by atoms with Crippen molar-refractivity contribution in [2.24, 2.45) is 0 Å². The van der Waals surface area contributed by atoms with Crippen molar-refractivity contribution in [3.8, 4) is 0 Å². The third kappa shape index (κ3) is 3.00. The SMILES string of the molecule is C[C@@H]1N[C@@H](c2ccc(C(F)(F)F)cc2)O[C@@H]1c1ccccc1. The average molecular weight is 307 g/mol. The Kier molecular flexibility index (Phi) is 3.93. The summed E-state index contributed by atoms with van der Waals surface area (Å²) in [5.74, 6) is 0. The maximum Gasteiger partial charge on any atom is 0.416 e. The highest BCUT2D eigenvalue weighted by atomic mass is 19.4. The second-order valence-corrected chi connectivity index (χ2v) is 5.42. The molecule has 22 heavy (non-hydrogen) atoms. The number of alkyl halides is 3. The van der Waals surface area contributed by atoms with Crippen molar-refractivity contribution >= 4 is 0 Å². The molecule has 0 saturated carbocycles. The molecule has 3 rings (SSSR count). The number of hydrogen-bond acceptors (Lipinski definition) is 2. The molecular weight excluding hydrogens is 291 g/mol. The van der Waals surface area contributed by atoms with Gasteiger partial charge in [0.25, 0.3) is 0 Å². The molecule has 1 aliphatic heterocycles. The molecule has 2 aromatic rings. The van der Waals surface area contributed by atoms with E-state index < -0.39 is 18.0 Å². The van der Waals surface area contributed by atoms with Crippen molar-refractivity contribution in [1.82, 2.24) is 5.32 Å². The van der Waals surface area contributed by atoms with Gasteiger partial charge in [-0.1, -0.05) is 42.5 Å². The summed E-state index contributed by atoms with van der Waals surface area (Å²) in [6.45, 7) is 2.00. The molecule has 5 heteroatoms. The zero-order valence-corrected chi connectivity index (χ0v) is 12.0. The van der Waals surface area contributed by atoms with Crippen LogP contribution in [0.5, 0.6) is 0 Å². The van der Waals surface area contributed by atoms with Crippen molar-refractivity contribution < 1.29 is 17.9 Å². The van der Waals surface area contributed by atoms with E-state index in [0.717, 1.165) is 17.7 Å². The molecule has 0 amide bonds. The predicted octanol–water partition coefficient (Wildman–Crippen LogP) is 4.45. The van der Waals surface area contributed by atoms with Gasteiger partial charge in [0.15, 0.2) is 0 Å². The topological polar surface area (TPSA) is 21.3 Å². The lowest BCUT2D eigenvalue weighted by molar-refractivity contribution is -0.137. The first-order chi connectivity index (χ1) is 10.4. The van der Waals surface area contributed by atoms with Crippen LogP contribution in [0.1, 0.15) is 35.9 Å². The van der Waals surface area contributed by atoms with Crippen LogP contribution >= 0.6 is 0 Å². The van der Waals surface area contributed by atoms with Gasteiger partial charge in [0.05, 0.1) is 5.56 Å². The Hall–Kier alpha value is -1.85. The minimum Gasteiger partial charge on any atom is -0.350 e. The molecular formula is C17H16F3NO. The highest BCUT2D eigenvalue weighted by molar-refractivity contribution is 5.27. The van der Waals surface area contributed by atoms with Crippen molar-refractivity contribution in [2.75, 3.05) is 0 Å². The summed E-state index contributed by atoms with van der Waals surface area (Å²) in [4.78, 5) is 0. The number of ether oxygens (including phenoxy) is 1. The van der Waals surface area contributed by atoms with Crippen LogP contribution in [0.15, 0.2) is 54.6 Å². The van der Waals surface area contributed by atoms with Crippen molar-refractivity contribution in [3.63, 3.8) is 0 Å². The van der Waals surface area contributed by atoms with E-state index in [0.29, 0.717) is 5.56 Å². The van der Waals surface area contributed by atoms with E-state index in [-0.39, 0.29) is 12.1 Å². The summed E-state index contributed by atoms with van der Waals surface area (Å²) in [7, 11) is 0. The minimum absolute atomic E-state index is 0.0784. The molecule has 1 saturated heterocycles. The Morgan fingerprint density at radius 2 is 1.55 bits per heavy atom. The lowest BCUT2D eigenvalue weighted by Crippen LogP contribution is -2.23. The monoisotopic (exact) mass is 307 g/mol. The summed E-state index contributed by atoms with van der Waals surface area (Å²) >= 11 is 0. The van der Waals surface area contributed by atoms with Crippen LogP contribution in [0, 0.1) is 0 Å². The van der Waals surface area contributed by atoms with Gasteiger partial charge in [-0.3, -0.25) is 5.32 Å². The molecule has 1 aliphatic rings. The molecule has 3 atom stereocenters. The fraction of sp³-hybridized carbons (Fsp3) is 0.294. The van der Waals surface area contributed by atoms with E-state index in [9.17, 15) is 13.2 Å². The summed E-state index contributed by atoms with van der Waals surface area (Å²) in [5.41, 5.74) is 1.09. The molecule has 0 bridgehead atoms. The van der Waals surface area contributed by atoms with E-state index in [4.69, 9.17) is 4.74 Å². The second kappa shape index (κ2) is 5.74. The van der Waals surface area contributed by atoms with Crippen LogP contribution in [0.2, 0.25) is 0 Å². The molecule has 0 radical (unpaired) electrons. The molecule has 2 nitrogen and oxygen atoms in total. The van der Waals surface area contributed by atoms with Crippen LogP contribution in [0.25, 0.3) is 0 Å². The number of nitrogens with one attached hydrogen (secondary N) is 1. The van der Waals surface area contributed by atoms with Crippen LogP contribution in [0.4, 0.5) is 13.2 Å². The van der Waals surface area contributed by atoms with E-state index >= 15 is 0 Å². The third-order valence-corrected chi connectivity index (χ3v) is 3.82. The van der Waals surface area contributed by atoms with Gasteiger partial charge in [0.1, 0.15) is 12.3 Å². The molecule has 0 aromatic heterocycles. The molecule has 1 heterocycles. The second-order valence-electron chi connectivity index (χ2n) is 5.42. The Morgan fingerprint density at radius 1 is 0.909 bits per heavy atom. The van der Waals surface area contributed by atoms with E-state index in [1.807, 2.05) is 37.3 Å². The number of halogens is 3. The lowest BCUT2D eigenvalue weighted by atomic mass is 10.0. The molecule has 1 fully saturated rings. The van der Waals surface area contributed by atoms with Crippen LogP contribution in [-0.2, 0) is 10.9 Å². The first kappa shape index (κ1) is 15.1. The van der Waals surface area contributed by atoms with Crippen molar-refractivity contribution in [2.45, 2.75) is 31.5 Å². The van der Waals surface area contributed by atoms with Gasteiger partial charge >= 0.3 is 6.18 Å². The molecule has 2 aromatic carbocycles. The minimum atomic E-state index is -4.32. The summed E-state index contributed by atoms with van der Waals surface area (Å²) in [6, 6.07) is 14.9. The van der Waals surface area contributed by atoms with Crippen molar-refractivity contribution in [3.05, 3.63) is 71.3 Å². The van der Waals surface area contributed by atoms with E-state index in [1.165, 1.54) is 12.1 Å². The van der Waals surface area contributed by atoms with Gasteiger partial charge in [-0.2, -0.15) is 13.2 Å². The molecule has 116 valence electrons. The Labute approximate surface area is 126 Å². The number of hydrogen-bond donors (Lipinski definition) is 1.